The van der Waals surface area contributed by atoms with Crippen LogP contribution < -0.4 is 0 Å². The Bertz CT molecular complexity index is 514. The van der Waals surface area contributed by atoms with E-state index in [1.165, 1.54) is 37.4 Å². The Balaban J connectivity index is 1.76. The molecule has 0 radical (unpaired) electrons. The fourth-order valence-electron chi connectivity index (χ4n) is 4.11. The summed E-state index contributed by atoms with van der Waals surface area (Å²) >= 11 is 1.34. The quantitative estimate of drug-likeness (QED) is 0.846. The fourth-order valence-corrected chi connectivity index (χ4v) is 4.94. The van der Waals surface area contributed by atoms with Crippen LogP contribution in [0.5, 0.6) is 0 Å². The molecule has 2 aliphatic rings. The van der Waals surface area contributed by atoms with Crippen LogP contribution in [0.3, 0.4) is 0 Å². The van der Waals surface area contributed by atoms with Crippen LogP contribution in [0.2, 0.25) is 0 Å². The number of nitrogens with zero attached hydrogens (tertiary/aromatic N) is 2. The van der Waals surface area contributed by atoms with Crippen molar-refractivity contribution in [1.82, 2.24) is 9.55 Å². The Morgan fingerprint density at radius 1 is 1.55 bits per heavy atom. The number of imidazole rings is 1. The first-order chi connectivity index (χ1) is 9.54. The number of fused-ring (bicyclic) bond motifs is 2. The molecule has 0 aliphatic heterocycles. The molecule has 0 spiro atoms. The van der Waals surface area contributed by atoms with E-state index in [0.717, 1.165) is 28.6 Å². The minimum Gasteiger partial charge on any atom is -0.481 e. The molecule has 4 nitrogen and oxygen atoms in total. The molecule has 5 heteroatoms. The summed E-state index contributed by atoms with van der Waals surface area (Å²) < 4.78 is 2.22. The number of hydrogen-bond acceptors (Lipinski definition) is 3. The molecule has 0 saturated heterocycles. The van der Waals surface area contributed by atoms with Crippen LogP contribution in [0, 0.1) is 24.7 Å². The summed E-state index contributed by atoms with van der Waals surface area (Å²) in [4.78, 5) is 15.3. The van der Waals surface area contributed by atoms with Crippen LogP contribution in [0.1, 0.15) is 44.3 Å². The van der Waals surface area contributed by atoms with Gasteiger partial charge in [-0.25, -0.2) is 4.98 Å². The van der Waals surface area contributed by atoms with Gasteiger partial charge in [0.1, 0.15) is 0 Å². The maximum atomic E-state index is 10.8. The second kappa shape index (κ2) is 5.43. The zero-order chi connectivity index (χ0) is 14.3. The molecule has 2 aliphatic carbocycles. The maximum absolute atomic E-state index is 10.8. The number of thioether (sulfide) groups is 1. The number of aromatic nitrogens is 2. The number of carboxylic acid groups (broad SMARTS) is 1. The molecule has 4 atom stereocenters. The molecule has 3 rings (SSSR count). The third-order valence-electron chi connectivity index (χ3n) is 4.99. The highest BCUT2D eigenvalue weighted by Crippen LogP contribution is 2.52. The first-order valence-corrected chi connectivity index (χ1v) is 8.43. The molecule has 1 N–H and O–H groups in total. The molecular formula is C15H22N2O2S. The van der Waals surface area contributed by atoms with Gasteiger partial charge in [0.2, 0.25) is 0 Å². The summed E-state index contributed by atoms with van der Waals surface area (Å²) in [5.41, 5.74) is 0.980. The minimum absolute atomic E-state index is 0.0832. The van der Waals surface area contributed by atoms with Crippen LogP contribution in [-0.2, 0) is 4.79 Å². The lowest BCUT2D eigenvalue weighted by Crippen LogP contribution is -2.22. The normalized spacial score (nSPS) is 29.8. The van der Waals surface area contributed by atoms with E-state index in [4.69, 9.17) is 5.11 Å². The highest BCUT2D eigenvalue weighted by molar-refractivity contribution is 7.99. The lowest BCUT2D eigenvalue weighted by atomic mass is 9.84. The molecule has 0 amide bonds. The van der Waals surface area contributed by atoms with E-state index in [0.29, 0.717) is 6.04 Å². The van der Waals surface area contributed by atoms with Crippen molar-refractivity contribution in [2.45, 2.75) is 50.7 Å². The average molecular weight is 294 g/mol. The van der Waals surface area contributed by atoms with Crippen molar-refractivity contribution in [2.75, 3.05) is 5.75 Å². The van der Waals surface area contributed by atoms with Crippen LogP contribution in [-0.4, -0.2) is 26.4 Å². The molecular weight excluding hydrogens is 272 g/mol. The van der Waals surface area contributed by atoms with Crippen LogP contribution in [0.15, 0.2) is 11.4 Å². The average Bonchev–Trinajstić information content (AvgIpc) is 3.09. The Labute approximate surface area is 124 Å². The predicted octanol–water partition coefficient (Wildman–Crippen LogP) is 3.37. The number of aryl methyl sites for hydroxylation is 1. The smallest absolute Gasteiger partial charge is 0.313 e. The van der Waals surface area contributed by atoms with Crippen LogP contribution in [0.25, 0.3) is 0 Å². The molecule has 2 saturated carbocycles. The topological polar surface area (TPSA) is 55.1 Å². The maximum Gasteiger partial charge on any atom is 0.313 e. The molecule has 20 heavy (non-hydrogen) atoms. The monoisotopic (exact) mass is 294 g/mol. The third-order valence-corrected chi connectivity index (χ3v) is 5.95. The van der Waals surface area contributed by atoms with Crippen molar-refractivity contribution in [3.8, 4) is 0 Å². The van der Waals surface area contributed by atoms with Gasteiger partial charge in [0, 0.05) is 12.2 Å². The highest BCUT2D eigenvalue weighted by atomic mass is 32.2. The fraction of sp³-hybridized carbons (Fsp3) is 0.733. The van der Waals surface area contributed by atoms with Crippen molar-refractivity contribution >= 4 is 17.7 Å². The van der Waals surface area contributed by atoms with Gasteiger partial charge in [-0.1, -0.05) is 18.2 Å². The van der Waals surface area contributed by atoms with E-state index in [9.17, 15) is 4.79 Å². The van der Waals surface area contributed by atoms with Crippen molar-refractivity contribution in [3.63, 3.8) is 0 Å². The number of rotatable bonds is 5. The van der Waals surface area contributed by atoms with Gasteiger partial charge in [-0.05, 0) is 50.9 Å². The number of aliphatic carboxylic acids is 1. The zero-order valence-electron chi connectivity index (χ0n) is 12.1. The highest BCUT2D eigenvalue weighted by Gasteiger charge is 2.42. The number of hydrogen-bond donors (Lipinski definition) is 1. The molecule has 4 unspecified atom stereocenters. The van der Waals surface area contributed by atoms with Gasteiger partial charge < -0.3 is 9.67 Å². The second-order valence-electron chi connectivity index (χ2n) is 6.33. The standard InChI is InChI=1S/C15H22N2O2S/c1-9-7-17(15(16-9)20-8-14(18)19)10(2)13-6-11-3-4-12(13)5-11/h7,10-13H,3-6,8H2,1-2H3,(H,18,19). The molecule has 1 aromatic rings. The molecule has 0 aromatic carbocycles. The summed E-state index contributed by atoms with van der Waals surface area (Å²) in [6.45, 7) is 4.26. The van der Waals surface area contributed by atoms with Gasteiger partial charge in [0.25, 0.3) is 0 Å². The summed E-state index contributed by atoms with van der Waals surface area (Å²) in [5, 5.41) is 9.71. The number of carbonyl (C=O) groups is 1. The Morgan fingerprint density at radius 2 is 2.35 bits per heavy atom. The van der Waals surface area contributed by atoms with Crippen molar-refractivity contribution in [1.29, 1.82) is 0 Å². The largest absolute Gasteiger partial charge is 0.481 e. The summed E-state index contributed by atoms with van der Waals surface area (Å²) in [5.74, 6) is 1.85. The van der Waals surface area contributed by atoms with Gasteiger partial charge in [-0.3, -0.25) is 4.79 Å². The Hall–Kier alpha value is -0.970. The molecule has 2 fully saturated rings. The summed E-state index contributed by atoms with van der Waals surface area (Å²) in [6, 6.07) is 0.433. The van der Waals surface area contributed by atoms with E-state index in [2.05, 4.69) is 22.7 Å². The van der Waals surface area contributed by atoms with Gasteiger partial charge in [-0.15, -0.1) is 0 Å². The Morgan fingerprint density at radius 3 is 2.95 bits per heavy atom. The molecule has 110 valence electrons. The first kappa shape index (κ1) is 14.0. The lowest BCUT2D eigenvalue weighted by molar-refractivity contribution is -0.133. The molecule has 2 bridgehead atoms. The minimum atomic E-state index is -0.783. The first-order valence-electron chi connectivity index (χ1n) is 7.44. The van der Waals surface area contributed by atoms with E-state index < -0.39 is 5.97 Å². The van der Waals surface area contributed by atoms with Crippen molar-refractivity contribution < 1.29 is 9.90 Å². The van der Waals surface area contributed by atoms with Crippen molar-refractivity contribution in [2.24, 2.45) is 17.8 Å². The van der Waals surface area contributed by atoms with E-state index >= 15 is 0 Å². The number of carboxylic acids is 1. The molecule has 1 heterocycles. The SMILES string of the molecule is Cc1cn(C(C)C2CC3CCC2C3)c(SCC(=O)O)n1. The van der Waals surface area contributed by atoms with E-state index in [1.807, 2.05) is 6.92 Å². The second-order valence-corrected chi connectivity index (χ2v) is 7.28. The van der Waals surface area contributed by atoms with Gasteiger partial charge in [-0.2, -0.15) is 0 Å². The third kappa shape index (κ3) is 2.60. The van der Waals surface area contributed by atoms with E-state index in [1.54, 1.807) is 0 Å². The predicted molar refractivity (Wildman–Crippen MR) is 79.0 cm³/mol. The van der Waals surface area contributed by atoms with E-state index in [-0.39, 0.29) is 5.75 Å². The lowest BCUT2D eigenvalue weighted by Gasteiger charge is -2.29. The van der Waals surface area contributed by atoms with Gasteiger partial charge >= 0.3 is 5.97 Å². The van der Waals surface area contributed by atoms with Crippen LogP contribution in [0.4, 0.5) is 0 Å². The Kier molecular flexibility index (Phi) is 3.80. The van der Waals surface area contributed by atoms with Crippen LogP contribution >= 0.6 is 11.8 Å². The summed E-state index contributed by atoms with van der Waals surface area (Å²) in [6.07, 6.45) is 7.62. The van der Waals surface area contributed by atoms with Gasteiger partial charge in [0.05, 0.1) is 11.4 Å². The zero-order valence-corrected chi connectivity index (χ0v) is 12.9. The van der Waals surface area contributed by atoms with Crippen molar-refractivity contribution in [3.05, 3.63) is 11.9 Å². The molecule has 1 aromatic heterocycles. The summed E-state index contributed by atoms with van der Waals surface area (Å²) in [7, 11) is 0. The van der Waals surface area contributed by atoms with Gasteiger partial charge in [0.15, 0.2) is 5.16 Å².